The summed E-state index contributed by atoms with van der Waals surface area (Å²) in [6.07, 6.45) is 7.78. The highest BCUT2D eigenvalue weighted by atomic mass is 14.8. The monoisotopic (exact) mass is 204 g/mol. The van der Waals surface area contributed by atoms with E-state index in [9.17, 15) is 0 Å². The molecule has 2 heterocycles. The van der Waals surface area contributed by atoms with Gasteiger partial charge in [-0.1, -0.05) is 24.3 Å². The Kier molecular flexibility index (Phi) is 1.33. The summed E-state index contributed by atoms with van der Waals surface area (Å²) in [7, 11) is 0. The fourth-order valence-corrected chi connectivity index (χ4v) is 2.34. The van der Waals surface area contributed by atoms with E-state index in [2.05, 4.69) is 34.3 Å². The Morgan fingerprint density at radius 2 is 1.94 bits per heavy atom. The van der Waals surface area contributed by atoms with Crippen molar-refractivity contribution in [1.82, 2.24) is 0 Å². The van der Waals surface area contributed by atoms with Gasteiger partial charge in [-0.15, -0.1) is 0 Å². The summed E-state index contributed by atoms with van der Waals surface area (Å²) < 4.78 is 0. The standard InChI is InChI=1S/C14H8N2/c1-3-10-5-7-15-13(10)12-9(1)2-4-11-6-8-16-14(11)12/h1-8H. The molecule has 0 radical (unpaired) electrons. The maximum absolute atomic E-state index is 4.44. The Balaban J connectivity index is 2.37. The summed E-state index contributed by atoms with van der Waals surface area (Å²) >= 11 is 0. The first kappa shape index (κ1) is 7.99. The maximum Gasteiger partial charge on any atom is 0.0802 e. The molecule has 0 unspecified atom stereocenters. The van der Waals surface area contributed by atoms with Crippen molar-refractivity contribution in [3.8, 4) is 0 Å². The van der Waals surface area contributed by atoms with Gasteiger partial charge in [0.1, 0.15) is 0 Å². The molecule has 0 saturated heterocycles. The average Bonchev–Trinajstić information content (AvgIpc) is 2.96. The number of fused-ring (bicyclic) bond motifs is 5. The van der Waals surface area contributed by atoms with Gasteiger partial charge in [0.05, 0.1) is 11.0 Å². The molecule has 0 saturated carbocycles. The van der Waals surface area contributed by atoms with Gasteiger partial charge in [-0.05, 0) is 17.5 Å². The van der Waals surface area contributed by atoms with E-state index in [4.69, 9.17) is 0 Å². The van der Waals surface area contributed by atoms with Crippen molar-refractivity contribution in [3.05, 3.63) is 46.6 Å². The zero-order chi connectivity index (χ0) is 10.5. The lowest BCUT2D eigenvalue weighted by atomic mass is 10.0. The molecule has 2 aliphatic heterocycles. The SMILES string of the molecule is C1=Cc2ccc3ccc4c(c3c2=N1)N=CC=4. The fourth-order valence-electron chi connectivity index (χ4n) is 2.34. The Morgan fingerprint density at radius 3 is 2.94 bits per heavy atom. The van der Waals surface area contributed by atoms with Crippen LogP contribution in [0.15, 0.2) is 40.5 Å². The quantitative estimate of drug-likeness (QED) is 0.626. The minimum absolute atomic E-state index is 1.06. The van der Waals surface area contributed by atoms with E-state index in [0.717, 1.165) is 11.0 Å². The Bertz CT molecular complexity index is 796. The lowest BCUT2D eigenvalue weighted by molar-refractivity contribution is 1.41. The van der Waals surface area contributed by atoms with Crippen molar-refractivity contribution in [2.75, 3.05) is 0 Å². The third-order valence-electron chi connectivity index (χ3n) is 3.11. The van der Waals surface area contributed by atoms with Gasteiger partial charge in [-0.3, -0.25) is 9.98 Å². The number of hydrogen-bond acceptors (Lipinski definition) is 2. The molecule has 0 atom stereocenters. The lowest BCUT2D eigenvalue weighted by Gasteiger charge is -2.02. The second-order valence-electron chi connectivity index (χ2n) is 3.99. The van der Waals surface area contributed by atoms with Crippen molar-refractivity contribution in [1.29, 1.82) is 0 Å². The Morgan fingerprint density at radius 1 is 1.00 bits per heavy atom. The zero-order valence-electron chi connectivity index (χ0n) is 8.51. The molecule has 0 amide bonds. The number of nitrogens with zero attached hydrogens (tertiary/aromatic N) is 2. The van der Waals surface area contributed by atoms with Crippen LogP contribution in [-0.2, 0) is 0 Å². The van der Waals surface area contributed by atoms with Crippen LogP contribution in [-0.4, -0.2) is 6.21 Å². The molecule has 4 rings (SSSR count). The molecule has 0 aromatic heterocycles. The van der Waals surface area contributed by atoms with E-state index in [-0.39, 0.29) is 0 Å². The summed E-state index contributed by atoms with van der Waals surface area (Å²) in [6, 6.07) is 8.49. The number of aliphatic imine (C=N–C) groups is 1. The van der Waals surface area contributed by atoms with Crippen molar-refractivity contribution in [3.63, 3.8) is 0 Å². The first-order chi connectivity index (χ1) is 7.93. The summed E-state index contributed by atoms with van der Waals surface area (Å²) in [4.78, 5) is 8.87. The molecule has 0 aliphatic carbocycles. The van der Waals surface area contributed by atoms with Gasteiger partial charge in [-0.2, -0.15) is 0 Å². The van der Waals surface area contributed by atoms with Crippen molar-refractivity contribution >= 4 is 34.8 Å². The second-order valence-corrected chi connectivity index (χ2v) is 3.99. The molecule has 74 valence electrons. The summed E-state index contributed by atoms with van der Waals surface area (Å²) in [5.74, 6) is 0. The predicted octanol–water partition coefficient (Wildman–Crippen LogP) is 1.94. The van der Waals surface area contributed by atoms with E-state index < -0.39 is 0 Å². The van der Waals surface area contributed by atoms with Gasteiger partial charge in [0.25, 0.3) is 0 Å². The molecule has 2 aromatic rings. The van der Waals surface area contributed by atoms with Crippen LogP contribution in [0.3, 0.4) is 0 Å². The topological polar surface area (TPSA) is 24.7 Å². The summed E-state index contributed by atoms with van der Waals surface area (Å²) in [5.41, 5.74) is 2.24. The van der Waals surface area contributed by atoms with Gasteiger partial charge in [0.2, 0.25) is 0 Å². The highest BCUT2D eigenvalue weighted by Crippen LogP contribution is 2.22. The lowest BCUT2D eigenvalue weighted by Crippen LogP contribution is -2.08. The number of benzene rings is 2. The van der Waals surface area contributed by atoms with E-state index in [0.29, 0.717) is 0 Å². The molecule has 0 bridgehead atoms. The van der Waals surface area contributed by atoms with Crippen LogP contribution in [0.5, 0.6) is 0 Å². The number of hydrogen-bond donors (Lipinski definition) is 0. The van der Waals surface area contributed by atoms with E-state index >= 15 is 0 Å². The Labute approximate surface area is 92.0 Å². The van der Waals surface area contributed by atoms with E-state index in [1.165, 1.54) is 21.6 Å². The third kappa shape index (κ3) is 0.865. The molecule has 0 N–H and O–H groups in total. The minimum Gasteiger partial charge on any atom is -0.256 e. The van der Waals surface area contributed by atoms with Crippen LogP contribution in [0.2, 0.25) is 0 Å². The van der Waals surface area contributed by atoms with E-state index in [1.54, 1.807) is 0 Å². The molecule has 2 aromatic carbocycles. The van der Waals surface area contributed by atoms with Gasteiger partial charge in [0, 0.05) is 28.6 Å². The molecule has 2 heteroatoms. The summed E-state index contributed by atoms with van der Waals surface area (Å²) in [6.45, 7) is 0. The molecule has 16 heavy (non-hydrogen) atoms. The van der Waals surface area contributed by atoms with Crippen LogP contribution < -0.4 is 10.6 Å². The predicted molar refractivity (Wildman–Crippen MR) is 66.4 cm³/mol. The highest BCUT2D eigenvalue weighted by Gasteiger charge is 2.10. The van der Waals surface area contributed by atoms with Crippen LogP contribution in [0, 0.1) is 0 Å². The normalized spacial score (nSPS) is 14.8. The van der Waals surface area contributed by atoms with Crippen molar-refractivity contribution < 1.29 is 0 Å². The third-order valence-corrected chi connectivity index (χ3v) is 3.11. The zero-order valence-corrected chi connectivity index (χ0v) is 8.51. The second kappa shape index (κ2) is 2.67. The van der Waals surface area contributed by atoms with Gasteiger partial charge >= 0.3 is 0 Å². The van der Waals surface area contributed by atoms with Crippen LogP contribution in [0.1, 0.15) is 5.56 Å². The van der Waals surface area contributed by atoms with Gasteiger partial charge < -0.3 is 0 Å². The molecule has 0 spiro atoms. The number of rotatable bonds is 0. The van der Waals surface area contributed by atoms with Crippen molar-refractivity contribution in [2.24, 2.45) is 9.98 Å². The first-order valence-electron chi connectivity index (χ1n) is 5.28. The molecule has 2 aliphatic rings. The van der Waals surface area contributed by atoms with Crippen LogP contribution in [0.4, 0.5) is 5.69 Å². The molecule has 0 fully saturated rings. The largest absolute Gasteiger partial charge is 0.256 e. The molecule has 2 nitrogen and oxygen atoms in total. The van der Waals surface area contributed by atoms with Crippen LogP contribution in [0.25, 0.3) is 22.9 Å². The van der Waals surface area contributed by atoms with Gasteiger partial charge in [0.15, 0.2) is 0 Å². The van der Waals surface area contributed by atoms with Gasteiger partial charge in [-0.25, -0.2) is 0 Å². The minimum atomic E-state index is 1.06. The molecular formula is C14H8N2. The van der Waals surface area contributed by atoms with Crippen LogP contribution >= 0.6 is 0 Å². The average molecular weight is 204 g/mol. The Hall–Kier alpha value is -2.22. The highest BCUT2D eigenvalue weighted by molar-refractivity contribution is 6.04. The molecular weight excluding hydrogens is 196 g/mol. The summed E-state index contributed by atoms with van der Waals surface area (Å²) in [5, 5.41) is 4.62. The maximum atomic E-state index is 4.44. The van der Waals surface area contributed by atoms with Crippen molar-refractivity contribution in [2.45, 2.75) is 0 Å². The fraction of sp³-hybridized carbons (Fsp3) is 0. The van der Waals surface area contributed by atoms with E-state index in [1.807, 2.05) is 24.6 Å². The smallest absolute Gasteiger partial charge is 0.0802 e. The first-order valence-corrected chi connectivity index (χ1v) is 5.28.